The topological polar surface area (TPSA) is 72.0 Å². The zero-order chi connectivity index (χ0) is 24.5. The standard InChI is InChI=1S/C24H25F2N3O4S/c1-4-21-27-19(14-34-21)22(30)29(16-11-17(32-2)13-18(12-16)33-3)20-7-10-28(23(20)31)15-5-8-24(25,26)9-6-15/h1,11-15,20H,5-10H2,2-3H3. The van der Waals surface area contributed by atoms with Crippen LogP contribution in [0.4, 0.5) is 14.5 Å². The second-order valence-corrected chi connectivity index (χ2v) is 9.21. The molecule has 1 aromatic heterocycles. The number of benzene rings is 1. The van der Waals surface area contributed by atoms with Crippen LogP contribution in [0.25, 0.3) is 0 Å². The molecule has 2 aromatic rings. The first-order chi connectivity index (χ1) is 16.3. The van der Waals surface area contributed by atoms with Crippen LogP contribution < -0.4 is 14.4 Å². The first kappa shape index (κ1) is 24.0. The molecule has 0 bridgehead atoms. The fourth-order valence-electron chi connectivity index (χ4n) is 4.56. The first-order valence-electron chi connectivity index (χ1n) is 10.9. The molecule has 2 heterocycles. The number of aromatic nitrogens is 1. The van der Waals surface area contributed by atoms with E-state index in [1.165, 1.54) is 19.1 Å². The van der Waals surface area contributed by atoms with E-state index in [1.807, 2.05) is 0 Å². The fourth-order valence-corrected chi connectivity index (χ4v) is 5.15. The summed E-state index contributed by atoms with van der Waals surface area (Å²) < 4.78 is 38.0. The van der Waals surface area contributed by atoms with Crippen LogP contribution in [0.5, 0.6) is 11.5 Å². The second-order valence-electron chi connectivity index (χ2n) is 8.35. The quantitative estimate of drug-likeness (QED) is 0.575. The summed E-state index contributed by atoms with van der Waals surface area (Å²) in [5.41, 5.74) is 0.537. The highest BCUT2D eigenvalue weighted by atomic mass is 32.1. The smallest absolute Gasteiger partial charge is 0.278 e. The number of hydrogen-bond donors (Lipinski definition) is 0. The van der Waals surface area contributed by atoms with Crippen molar-refractivity contribution >= 4 is 28.8 Å². The van der Waals surface area contributed by atoms with E-state index in [0.717, 1.165) is 11.3 Å². The summed E-state index contributed by atoms with van der Waals surface area (Å²) in [5.74, 6) is -0.119. The minimum absolute atomic E-state index is 0.128. The molecule has 0 N–H and O–H groups in total. The molecular formula is C24H25F2N3O4S. The van der Waals surface area contributed by atoms with E-state index in [-0.39, 0.29) is 43.3 Å². The molecule has 0 spiro atoms. The Morgan fingerprint density at radius 3 is 2.41 bits per heavy atom. The van der Waals surface area contributed by atoms with Crippen molar-refractivity contribution in [3.63, 3.8) is 0 Å². The van der Waals surface area contributed by atoms with Gasteiger partial charge >= 0.3 is 0 Å². The average Bonchev–Trinajstić information content (AvgIpc) is 3.46. The van der Waals surface area contributed by atoms with Gasteiger partial charge in [-0.3, -0.25) is 14.5 Å². The lowest BCUT2D eigenvalue weighted by Crippen LogP contribution is -2.48. The molecule has 1 aliphatic carbocycles. The average molecular weight is 490 g/mol. The molecular weight excluding hydrogens is 464 g/mol. The van der Waals surface area contributed by atoms with Gasteiger partial charge in [0.05, 0.1) is 19.9 Å². The molecule has 2 amide bonds. The van der Waals surface area contributed by atoms with E-state index < -0.39 is 17.9 Å². The van der Waals surface area contributed by atoms with Gasteiger partial charge in [0.2, 0.25) is 11.8 Å². The molecule has 10 heteroatoms. The number of carbonyl (C=O) groups excluding carboxylic acids is 2. The third-order valence-electron chi connectivity index (χ3n) is 6.33. The van der Waals surface area contributed by atoms with Crippen molar-refractivity contribution in [1.29, 1.82) is 0 Å². The summed E-state index contributed by atoms with van der Waals surface area (Å²) in [6, 6.07) is 3.87. The fraction of sp³-hybridized carbons (Fsp3) is 0.458. The Labute approximate surface area is 200 Å². The lowest BCUT2D eigenvalue weighted by molar-refractivity contribution is -0.133. The van der Waals surface area contributed by atoms with Gasteiger partial charge in [0.15, 0.2) is 5.01 Å². The number of carbonyl (C=O) groups is 2. The molecule has 1 unspecified atom stereocenters. The number of thiazole rings is 1. The maximum Gasteiger partial charge on any atom is 0.278 e. The first-order valence-corrected chi connectivity index (χ1v) is 11.8. The summed E-state index contributed by atoms with van der Waals surface area (Å²) >= 11 is 1.16. The second kappa shape index (κ2) is 9.58. The summed E-state index contributed by atoms with van der Waals surface area (Å²) in [5, 5.41) is 1.91. The Kier molecular flexibility index (Phi) is 6.75. The maximum absolute atomic E-state index is 13.7. The highest BCUT2D eigenvalue weighted by Gasteiger charge is 2.45. The van der Waals surface area contributed by atoms with E-state index in [4.69, 9.17) is 15.9 Å². The van der Waals surface area contributed by atoms with E-state index in [0.29, 0.717) is 35.2 Å². The molecule has 1 atom stereocenters. The number of anilines is 1. The Hall–Kier alpha value is -3.19. The van der Waals surface area contributed by atoms with Crippen LogP contribution in [0.1, 0.15) is 47.6 Å². The molecule has 7 nitrogen and oxygen atoms in total. The molecule has 180 valence electrons. The van der Waals surface area contributed by atoms with Gasteiger partial charge in [-0.2, -0.15) is 0 Å². The van der Waals surface area contributed by atoms with E-state index >= 15 is 0 Å². The van der Waals surface area contributed by atoms with Crippen molar-refractivity contribution in [2.75, 3.05) is 25.7 Å². The van der Waals surface area contributed by atoms with Crippen LogP contribution in [-0.2, 0) is 4.79 Å². The minimum Gasteiger partial charge on any atom is -0.497 e. The Balaban J connectivity index is 1.68. The van der Waals surface area contributed by atoms with Crippen LogP contribution in [0.2, 0.25) is 0 Å². The van der Waals surface area contributed by atoms with Gasteiger partial charge in [-0.25, -0.2) is 13.8 Å². The third kappa shape index (κ3) is 4.71. The number of nitrogens with zero attached hydrogens (tertiary/aromatic N) is 3. The van der Waals surface area contributed by atoms with Gasteiger partial charge in [0.1, 0.15) is 23.2 Å². The molecule has 4 rings (SSSR count). The maximum atomic E-state index is 13.7. The normalized spacial score (nSPS) is 20.1. The molecule has 1 saturated heterocycles. The molecule has 1 saturated carbocycles. The van der Waals surface area contributed by atoms with Crippen LogP contribution in [0.3, 0.4) is 0 Å². The van der Waals surface area contributed by atoms with Gasteiger partial charge in [-0.1, -0.05) is 0 Å². The van der Waals surface area contributed by atoms with Crippen LogP contribution in [-0.4, -0.2) is 60.5 Å². The monoisotopic (exact) mass is 489 g/mol. The highest BCUT2D eigenvalue weighted by molar-refractivity contribution is 7.10. The lowest BCUT2D eigenvalue weighted by atomic mass is 9.91. The van der Waals surface area contributed by atoms with E-state index in [1.54, 1.807) is 28.5 Å². The largest absolute Gasteiger partial charge is 0.497 e. The number of methoxy groups -OCH3 is 2. The van der Waals surface area contributed by atoms with Crippen molar-refractivity contribution in [1.82, 2.24) is 9.88 Å². The number of ether oxygens (including phenoxy) is 2. The van der Waals surface area contributed by atoms with Crippen LogP contribution >= 0.6 is 11.3 Å². The number of hydrogen-bond acceptors (Lipinski definition) is 6. The van der Waals surface area contributed by atoms with Crippen LogP contribution in [0, 0.1) is 12.3 Å². The van der Waals surface area contributed by atoms with E-state index in [2.05, 4.69) is 10.9 Å². The molecule has 2 aliphatic rings. The zero-order valence-electron chi connectivity index (χ0n) is 18.9. The predicted octanol–water partition coefficient (Wildman–Crippen LogP) is 3.97. The van der Waals surface area contributed by atoms with E-state index in [9.17, 15) is 18.4 Å². The Morgan fingerprint density at radius 1 is 1.21 bits per heavy atom. The molecule has 2 fully saturated rings. The number of alkyl halides is 2. The third-order valence-corrected chi connectivity index (χ3v) is 7.10. The van der Waals surface area contributed by atoms with Crippen LogP contribution in [0.15, 0.2) is 23.6 Å². The van der Waals surface area contributed by atoms with Crippen molar-refractivity contribution < 1.29 is 27.8 Å². The zero-order valence-corrected chi connectivity index (χ0v) is 19.7. The summed E-state index contributed by atoms with van der Waals surface area (Å²) in [6.07, 6.45) is 5.78. The number of amides is 2. The van der Waals surface area contributed by atoms with Gasteiger partial charge < -0.3 is 14.4 Å². The molecule has 1 aliphatic heterocycles. The Bertz CT molecular complexity index is 1100. The summed E-state index contributed by atoms with van der Waals surface area (Å²) in [7, 11) is 2.98. The highest BCUT2D eigenvalue weighted by Crippen LogP contribution is 2.38. The van der Waals surface area contributed by atoms with Crippen molar-refractivity contribution in [2.24, 2.45) is 0 Å². The van der Waals surface area contributed by atoms with Gasteiger partial charge in [-0.15, -0.1) is 17.8 Å². The van der Waals surface area contributed by atoms with Gasteiger partial charge in [-0.05, 0) is 25.2 Å². The summed E-state index contributed by atoms with van der Waals surface area (Å²) in [6.45, 7) is 0.386. The number of halogens is 2. The molecule has 1 aromatic carbocycles. The molecule has 0 radical (unpaired) electrons. The summed E-state index contributed by atoms with van der Waals surface area (Å²) in [4.78, 5) is 34.4. The lowest BCUT2D eigenvalue weighted by Gasteiger charge is -2.35. The Morgan fingerprint density at radius 2 is 1.85 bits per heavy atom. The molecule has 34 heavy (non-hydrogen) atoms. The van der Waals surface area contributed by atoms with Gasteiger partial charge in [0, 0.05) is 49.0 Å². The van der Waals surface area contributed by atoms with Crippen molar-refractivity contribution in [3.05, 3.63) is 34.3 Å². The van der Waals surface area contributed by atoms with Gasteiger partial charge in [0.25, 0.3) is 5.91 Å². The number of terminal acetylenes is 1. The van der Waals surface area contributed by atoms with Crippen molar-refractivity contribution in [3.8, 4) is 23.8 Å². The minimum atomic E-state index is -2.68. The predicted molar refractivity (Wildman–Crippen MR) is 124 cm³/mol. The SMILES string of the molecule is C#Cc1nc(C(=O)N(c2cc(OC)cc(OC)c2)C2CCN(C3CCC(F)(F)CC3)C2=O)cs1. The van der Waals surface area contributed by atoms with Crippen molar-refractivity contribution in [2.45, 2.75) is 50.1 Å². The number of likely N-dealkylation sites (tertiary alicyclic amines) is 1. The number of rotatable bonds is 6.